The van der Waals surface area contributed by atoms with E-state index in [-0.39, 0.29) is 22.9 Å². The minimum atomic E-state index is -3.73. The van der Waals surface area contributed by atoms with Gasteiger partial charge in [-0.2, -0.15) is 4.31 Å². The van der Waals surface area contributed by atoms with Crippen LogP contribution in [0.1, 0.15) is 18.4 Å². The van der Waals surface area contributed by atoms with Gasteiger partial charge in [0, 0.05) is 19.2 Å². The van der Waals surface area contributed by atoms with E-state index < -0.39 is 14.9 Å². The monoisotopic (exact) mass is 412 g/mol. The van der Waals surface area contributed by atoms with Gasteiger partial charge in [-0.25, -0.2) is 8.42 Å². The molecular formula is C21H20N2O5S. The van der Waals surface area contributed by atoms with E-state index >= 15 is 0 Å². The highest BCUT2D eigenvalue weighted by Crippen LogP contribution is 2.32. The minimum Gasteiger partial charge on any atom is -0.482 e. The molecule has 0 N–H and O–H groups in total. The summed E-state index contributed by atoms with van der Waals surface area (Å²) in [5.41, 5.74) is 0.539. The summed E-state index contributed by atoms with van der Waals surface area (Å²) in [6.07, 6.45) is 1.60. The van der Waals surface area contributed by atoms with Crippen LogP contribution in [0.5, 0.6) is 5.75 Å². The Bertz CT molecular complexity index is 1170. The molecule has 0 amide bonds. The zero-order chi connectivity index (χ0) is 20.4. The number of sulfonamides is 1. The summed E-state index contributed by atoms with van der Waals surface area (Å²) >= 11 is 0. The molecule has 0 bridgehead atoms. The number of nitro benzene ring substituents is 1. The van der Waals surface area contributed by atoms with E-state index in [9.17, 15) is 18.5 Å². The van der Waals surface area contributed by atoms with E-state index in [1.165, 1.54) is 16.4 Å². The van der Waals surface area contributed by atoms with Crippen molar-refractivity contribution in [3.8, 4) is 5.75 Å². The molecule has 0 radical (unpaired) electrons. The largest absolute Gasteiger partial charge is 0.482 e. The Labute approximate surface area is 168 Å². The van der Waals surface area contributed by atoms with Crippen LogP contribution in [-0.2, 0) is 16.6 Å². The molecule has 29 heavy (non-hydrogen) atoms. The summed E-state index contributed by atoms with van der Waals surface area (Å²) in [6, 6.07) is 17.4. The molecule has 0 saturated carbocycles. The molecule has 8 heteroatoms. The number of hydrogen-bond donors (Lipinski definition) is 0. The molecule has 1 fully saturated rings. The van der Waals surface area contributed by atoms with Crippen LogP contribution in [0.25, 0.3) is 10.8 Å². The predicted molar refractivity (Wildman–Crippen MR) is 109 cm³/mol. The lowest BCUT2D eigenvalue weighted by atomic mass is 10.1. The SMILES string of the molecule is O=[N+]([O-])c1cc(S(=O)(=O)N2CCCC2)ccc1OCc1cccc2ccccc12. The molecule has 0 unspecified atom stereocenters. The second kappa shape index (κ2) is 7.81. The summed E-state index contributed by atoms with van der Waals surface area (Å²) in [5.74, 6) is 0.0447. The van der Waals surface area contributed by atoms with Crippen LogP contribution >= 0.6 is 0 Å². The van der Waals surface area contributed by atoms with Gasteiger partial charge in [0.25, 0.3) is 0 Å². The Balaban J connectivity index is 1.63. The van der Waals surface area contributed by atoms with Crippen molar-refractivity contribution < 1.29 is 18.1 Å². The van der Waals surface area contributed by atoms with Crippen molar-refractivity contribution in [1.82, 2.24) is 4.31 Å². The van der Waals surface area contributed by atoms with Crippen molar-refractivity contribution in [2.24, 2.45) is 0 Å². The van der Waals surface area contributed by atoms with Gasteiger partial charge < -0.3 is 4.74 Å². The number of nitro groups is 1. The maximum absolute atomic E-state index is 12.7. The number of rotatable bonds is 6. The van der Waals surface area contributed by atoms with E-state index in [4.69, 9.17) is 4.74 Å². The minimum absolute atomic E-state index is 0.0447. The molecule has 0 aromatic heterocycles. The van der Waals surface area contributed by atoms with E-state index in [0.717, 1.165) is 35.2 Å². The van der Waals surface area contributed by atoms with Gasteiger partial charge in [0.15, 0.2) is 5.75 Å². The van der Waals surface area contributed by atoms with Gasteiger partial charge in [0.2, 0.25) is 10.0 Å². The van der Waals surface area contributed by atoms with Crippen LogP contribution < -0.4 is 4.74 Å². The van der Waals surface area contributed by atoms with E-state index in [2.05, 4.69) is 0 Å². The Morgan fingerprint density at radius 1 is 1.00 bits per heavy atom. The Morgan fingerprint density at radius 3 is 2.48 bits per heavy atom. The van der Waals surface area contributed by atoms with E-state index in [1.54, 1.807) is 0 Å². The average molecular weight is 412 g/mol. The smallest absolute Gasteiger partial charge is 0.312 e. The van der Waals surface area contributed by atoms with Crippen LogP contribution in [0.3, 0.4) is 0 Å². The van der Waals surface area contributed by atoms with Crippen LogP contribution in [0.2, 0.25) is 0 Å². The first-order valence-corrected chi connectivity index (χ1v) is 10.8. The maximum atomic E-state index is 12.7. The third kappa shape index (κ3) is 3.81. The standard InChI is InChI=1S/C21H20N2O5S/c24-23(25)20-14-18(29(26,27)22-12-3-4-13-22)10-11-21(20)28-15-17-8-5-7-16-6-1-2-9-19(16)17/h1-2,5-11,14H,3-4,12-13,15H2. The molecular weight excluding hydrogens is 392 g/mol. The van der Waals surface area contributed by atoms with Gasteiger partial charge in [-0.05, 0) is 41.3 Å². The Morgan fingerprint density at radius 2 is 1.72 bits per heavy atom. The van der Waals surface area contributed by atoms with E-state index in [1.807, 2.05) is 42.5 Å². The average Bonchev–Trinajstić information content (AvgIpc) is 3.28. The van der Waals surface area contributed by atoms with E-state index in [0.29, 0.717) is 13.1 Å². The van der Waals surface area contributed by atoms with Crippen LogP contribution in [0.4, 0.5) is 5.69 Å². The molecule has 4 rings (SSSR count). The topological polar surface area (TPSA) is 89.8 Å². The van der Waals surface area contributed by atoms with Gasteiger partial charge in [-0.15, -0.1) is 0 Å². The molecule has 0 aliphatic carbocycles. The molecule has 7 nitrogen and oxygen atoms in total. The van der Waals surface area contributed by atoms with Crippen molar-refractivity contribution in [2.75, 3.05) is 13.1 Å². The molecule has 3 aromatic carbocycles. The maximum Gasteiger partial charge on any atom is 0.312 e. The second-order valence-corrected chi connectivity index (χ2v) is 8.86. The number of fused-ring (bicyclic) bond motifs is 1. The predicted octanol–water partition coefficient (Wildman–Crippen LogP) is 4.11. The third-order valence-electron chi connectivity index (χ3n) is 5.09. The first-order valence-electron chi connectivity index (χ1n) is 9.35. The van der Waals surface area contributed by atoms with Gasteiger partial charge in [0.1, 0.15) is 6.61 Å². The zero-order valence-corrected chi connectivity index (χ0v) is 16.5. The zero-order valence-electron chi connectivity index (χ0n) is 15.7. The summed E-state index contributed by atoms with van der Waals surface area (Å²) < 4.78 is 32.5. The first-order chi connectivity index (χ1) is 14.0. The highest BCUT2D eigenvalue weighted by Gasteiger charge is 2.29. The lowest BCUT2D eigenvalue weighted by Crippen LogP contribution is -2.27. The molecule has 1 aliphatic heterocycles. The molecule has 1 heterocycles. The number of ether oxygens (including phenoxy) is 1. The summed E-state index contributed by atoms with van der Waals surface area (Å²) in [6.45, 7) is 1.02. The lowest BCUT2D eigenvalue weighted by Gasteiger charge is -2.16. The van der Waals surface area contributed by atoms with Gasteiger partial charge >= 0.3 is 5.69 Å². The number of nitrogens with zero attached hydrogens (tertiary/aromatic N) is 2. The van der Waals surface area contributed by atoms with Crippen molar-refractivity contribution in [3.63, 3.8) is 0 Å². The number of benzene rings is 3. The highest BCUT2D eigenvalue weighted by molar-refractivity contribution is 7.89. The quantitative estimate of drug-likeness (QED) is 0.449. The van der Waals surface area contributed by atoms with Crippen molar-refractivity contribution in [2.45, 2.75) is 24.3 Å². The Hall–Kier alpha value is -2.97. The normalized spacial score (nSPS) is 14.9. The summed E-state index contributed by atoms with van der Waals surface area (Å²) in [5, 5.41) is 13.6. The third-order valence-corrected chi connectivity index (χ3v) is 6.99. The molecule has 0 spiro atoms. The van der Waals surface area contributed by atoms with Gasteiger partial charge in [0.05, 0.1) is 9.82 Å². The van der Waals surface area contributed by atoms with Crippen LogP contribution in [0.15, 0.2) is 65.6 Å². The Kier molecular flexibility index (Phi) is 5.21. The fraction of sp³-hybridized carbons (Fsp3) is 0.238. The fourth-order valence-electron chi connectivity index (χ4n) is 3.57. The summed E-state index contributed by atoms with van der Waals surface area (Å²) in [4.78, 5) is 10.9. The van der Waals surface area contributed by atoms with Crippen LogP contribution in [0, 0.1) is 10.1 Å². The second-order valence-electron chi connectivity index (χ2n) is 6.92. The number of hydrogen-bond acceptors (Lipinski definition) is 5. The molecule has 1 aliphatic rings. The van der Waals surface area contributed by atoms with Gasteiger partial charge in [-0.3, -0.25) is 10.1 Å². The molecule has 1 saturated heterocycles. The summed E-state index contributed by atoms with van der Waals surface area (Å²) in [7, 11) is -3.73. The highest BCUT2D eigenvalue weighted by atomic mass is 32.2. The molecule has 150 valence electrons. The van der Waals surface area contributed by atoms with Gasteiger partial charge in [-0.1, -0.05) is 42.5 Å². The van der Waals surface area contributed by atoms with Crippen molar-refractivity contribution >= 4 is 26.5 Å². The van der Waals surface area contributed by atoms with Crippen molar-refractivity contribution in [3.05, 3.63) is 76.3 Å². The van der Waals surface area contributed by atoms with Crippen molar-refractivity contribution in [1.29, 1.82) is 0 Å². The fourth-order valence-corrected chi connectivity index (χ4v) is 5.11. The first kappa shape index (κ1) is 19.4. The lowest BCUT2D eigenvalue weighted by molar-refractivity contribution is -0.386. The van der Waals surface area contributed by atoms with Crippen LogP contribution in [-0.4, -0.2) is 30.7 Å². The molecule has 3 aromatic rings. The molecule has 0 atom stereocenters.